The van der Waals surface area contributed by atoms with Crippen LogP contribution in [-0.4, -0.2) is 25.8 Å². The van der Waals surface area contributed by atoms with Crippen molar-refractivity contribution in [2.45, 2.75) is 64.9 Å². The zero-order chi connectivity index (χ0) is 16.9. The van der Waals surface area contributed by atoms with Crippen LogP contribution in [0.2, 0.25) is 0 Å². The quantitative estimate of drug-likeness (QED) is 0.720. The number of rotatable bonds is 3. The molecule has 0 bridgehead atoms. The van der Waals surface area contributed by atoms with Gasteiger partial charge in [0.05, 0.1) is 6.10 Å². The molecule has 24 heavy (non-hydrogen) atoms. The largest absolute Gasteiger partial charge is 0.359 e. The molecule has 4 aliphatic carbocycles. The summed E-state index contributed by atoms with van der Waals surface area (Å²) >= 11 is 0. The Morgan fingerprint density at radius 3 is 2.79 bits per heavy atom. The lowest BCUT2D eigenvalue weighted by molar-refractivity contribution is -0.152. The summed E-state index contributed by atoms with van der Waals surface area (Å²) in [7, 11) is 1.70. The second-order valence-electron chi connectivity index (χ2n) is 9.23. The molecular weight excluding hydrogens is 300 g/mol. The van der Waals surface area contributed by atoms with Crippen LogP contribution in [0.15, 0.2) is 12.2 Å². The molecule has 0 aromatic heterocycles. The zero-order valence-electron chi connectivity index (χ0n) is 15.4. The van der Waals surface area contributed by atoms with E-state index in [-0.39, 0.29) is 5.41 Å². The van der Waals surface area contributed by atoms with E-state index >= 15 is 0 Å². The van der Waals surface area contributed by atoms with Crippen LogP contribution in [0.4, 0.5) is 0 Å². The number of ketones is 1. The predicted octanol–water partition coefficient (Wildman–Crippen LogP) is 4.36. The van der Waals surface area contributed by atoms with Gasteiger partial charge in [0.2, 0.25) is 0 Å². The minimum atomic E-state index is -0.0941. The molecule has 134 valence electrons. The van der Waals surface area contributed by atoms with E-state index in [4.69, 9.17) is 9.47 Å². The van der Waals surface area contributed by atoms with Crippen molar-refractivity contribution < 1.29 is 14.3 Å². The van der Waals surface area contributed by atoms with Gasteiger partial charge in [0.1, 0.15) is 6.79 Å². The highest BCUT2D eigenvalue weighted by Gasteiger charge is 2.59. The van der Waals surface area contributed by atoms with Gasteiger partial charge in [-0.3, -0.25) is 4.79 Å². The molecule has 3 heteroatoms. The summed E-state index contributed by atoms with van der Waals surface area (Å²) in [6.07, 6.45) is 13.1. The van der Waals surface area contributed by atoms with E-state index in [1.165, 1.54) is 32.1 Å². The molecule has 0 radical (unpaired) electrons. The molecule has 0 unspecified atom stereocenters. The lowest BCUT2D eigenvalue weighted by Crippen LogP contribution is -2.54. The van der Waals surface area contributed by atoms with Crippen LogP contribution in [0.25, 0.3) is 0 Å². The van der Waals surface area contributed by atoms with E-state index in [0.717, 1.165) is 24.7 Å². The lowest BCUT2D eigenvalue weighted by Gasteiger charge is -2.60. The first-order chi connectivity index (χ1) is 11.5. The monoisotopic (exact) mass is 332 g/mol. The number of fused-ring (bicyclic) bond motifs is 5. The van der Waals surface area contributed by atoms with Crippen LogP contribution in [0.1, 0.15) is 58.8 Å². The Morgan fingerprint density at radius 1 is 1.17 bits per heavy atom. The van der Waals surface area contributed by atoms with Gasteiger partial charge >= 0.3 is 0 Å². The Bertz CT molecular complexity index is 541. The van der Waals surface area contributed by atoms with Crippen molar-refractivity contribution in [3.8, 4) is 0 Å². The second-order valence-corrected chi connectivity index (χ2v) is 9.23. The van der Waals surface area contributed by atoms with Crippen molar-refractivity contribution in [3.63, 3.8) is 0 Å². The number of methoxy groups -OCH3 is 1. The summed E-state index contributed by atoms with van der Waals surface area (Å²) in [6.45, 7) is 5.19. The summed E-state index contributed by atoms with van der Waals surface area (Å²) in [5, 5.41) is 0. The third-order valence-corrected chi connectivity index (χ3v) is 8.31. The van der Waals surface area contributed by atoms with E-state index < -0.39 is 0 Å². The highest BCUT2D eigenvalue weighted by molar-refractivity contribution is 5.97. The van der Waals surface area contributed by atoms with Gasteiger partial charge in [0, 0.05) is 12.5 Å². The Labute approximate surface area is 146 Å². The average molecular weight is 332 g/mol. The first kappa shape index (κ1) is 16.8. The third-order valence-electron chi connectivity index (χ3n) is 8.31. The molecule has 0 heterocycles. The van der Waals surface area contributed by atoms with Crippen LogP contribution in [0.3, 0.4) is 0 Å². The van der Waals surface area contributed by atoms with Crippen LogP contribution >= 0.6 is 0 Å². The van der Waals surface area contributed by atoms with Gasteiger partial charge in [-0.05, 0) is 80.1 Å². The minimum Gasteiger partial charge on any atom is -0.359 e. The molecule has 0 aromatic rings. The predicted molar refractivity (Wildman–Crippen MR) is 93.4 cm³/mol. The van der Waals surface area contributed by atoms with Crippen molar-refractivity contribution in [1.29, 1.82) is 0 Å². The van der Waals surface area contributed by atoms with Crippen molar-refractivity contribution >= 4 is 5.78 Å². The number of allylic oxidation sites excluding steroid dienone is 2. The molecule has 0 amide bonds. The SMILES string of the molecule is COCO[C@H]1CC[C@@]2(C)[C@@H](CC[C@@H]3[C@@H]2CC[C@]2(C)C(=O)C=C[C@@H]32)C1. The fourth-order valence-electron chi connectivity index (χ4n) is 6.81. The molecular formula is C21H32O3. The van der Waals surface area contributed by atoms with E-state index in [1.54, 1.807) is 7.11 Å². The summed E-state index contributed by atoms with van der Waals surface area (Å²) in [5.41, 5.74) is 0.347. The second kappa shape index (κ2) is 5.95. The number of carbonyl (C=O) groups excluding carboxylic acids is 1. The smallest absolute Gasteiger partial charge is 0.161 e. The maximum absolute atomic E-state index is 12.4. The summed E-state index contributed by atoms with van der Waals surface area (Å²) in [4.78, 5) is 12.4. The number of ether oxygens (including phenoxy) is 2. The zero-order valence-corrected chi connectivity index (χ0v) is 15.4. The van der Waals surface area contributed by atoms with Crippen molar-refractivity contribution in [2.24, 2.45) is 34.5 Å². The molecule has 4 aliphatic rings. The molecule has 0 aromatic carbocycles. The number of hydrogen-bond acceptors (Lipinski definition) is 3. The first-order valence-corrected chi connectivity index (χ1v) is 9.82. The van der Waals surface area contributed by atoms with Crippen LogP contribution in [0, 0.1) is 34.5 Å². The van der Waals surface area contributed by atoms with Gasteiger partial charge in [-0.2, -0.15) is 0 Å². The Kier molecular flexibility index (Phi) is 4.16. The van der Waals surface area contributed by atoms with Gasteiger partial charge in [0.15, 0.2) is 5.78 Å². The highest BCUT2D eigenvalue weighted by Crippen LogP contribution is 2.64. The Hall–Kier alpha value is -0.670. The fourth-order valence-corrected chi connectivity index (χ4v) is 6.81. The number of hydrogen-bond donors (Lipinski definition) is 0. The third kappa shape index (κ3) is 2.34. The molecule has 7 atom stereocenters. The van der Waals surface area contributed by atoms with Gasteiger partial charge in [-0.25, -0.2) is 0 Å². The topological polar surface area (TPSA) is 35.5 Å². The van der Waals surface area contributed by atoms with Gasteiger partial charge in [-0.15, -0.1) is 0 Å². The molecule has 3 nitrogen and oxygen atoms in total. The van der Waals surface area contributed by atoms with Crippen molar-refractivity contribution in [3.05, 3.63) is 12.2 Å². The molecule has 0 spiro atoms. The van der Waals surface area contributed by atoms with Crippen LogP contribution in [0.5, 0.6) is 0 Å². The van der Waals surface area contributed by atoms with E-state index in [0.29, 0.717) is 35.9 Å². The van der Waals surface area contributed by atoms with Gasteiger partial charge in [0.25, 0.3) is 0 Å². The fraction of sp³-hybridized carbons (Fsp3) is 0.857. The van der Waals surface area contributed by atoms with E-state index in [2.05, 4.69) is 19.9 Å². The number of carbonyl (C=O) groups is 1. The Balaban J connectivity index is 1.52. The molecule has 3 fully saturated rings. The molecule has 4 rings (SSSR count). The standard InChI is InChI=1S/C21H32O3/c1-20-10-8-15(24-13-23-3)12-14(20)4-5-16-17-6-7-19(22)21(17,2)11-9-18(16)20/h6-7,14-18H,4-5,8-13H2,1-3H3/t14-,15-,16-,17-,18-,20-,21-/m0/s1. The van der Waals surface area contributed by atoms with Crippen LogP contribution < -0.4 is 0 Å². The first-order valence-electron chi connectivity index (χ1n) is 9.82. The lowest BCUT2D eigenvalue weighted by atomic mass is 9.45. The van der Waals surface area contributed by atoms with E-state index in [9.17, 15) is 4.79 Å². The van der Waals surface area contributed by atoms with Crippen molar-refractivity contribution in [1.82, 2.24) is 0 Å². The normalized spacial score (nSPS) is 50.3. The molecule has 0 aliphatic heterocycles. The van der Waals surface area contributed by atoms with Crippen LogP contribution in [-0.2, 0) is 14.3 Å². The van der Waals surface area contributed by atoms with Gasteiger partial charge in [-0.1, -0.05) is 19.9 Å². The molecule has 0 saturated heterocycles. The minimum absolute atomic E-state index is 0.0941. The van der Waals surface area contributed by atoms with Gasteiger partial charge < -0.3 is 9.47 Å². The molecule has 0 N–H and O–H groups in total. The Morgan fingerprint density at radius 2 is 2.00 bits per heavy atom. The van der Waals surface area contributed by atoms with E-state index in [1.807, 2.05) is 6.08 Å². The van der Waals surface area contributed by atoms with Crippen molar-refractivity contribution in [2.75, 3.05) is 13.9 Å². The summed E-state index contributed by atoms with van der Waals surface area (Å²) in [6, 6.07) is 0. The summed E-state index contributed by atoms with van der Waals surface area (Å²) < 4.78 is 11.0. The maximum atomic E-state index is 12.4. The summed E-state index contributed by atoms with van der Waals surface area (Å²) in [5.74, 6) is 3.15. The average Bonchev–Trinajstić information content (AvgIpc) is 2.88. The molecule has 3 saturated carbocycles. The maximum Gasteiger partial charge on any atom is 0.161 e. The highest BCUT2D eigenvalue weighted by atomic mass is 16.7.